The molecule has 2 heterocycles. The van der Waals surface area contributed by atoms with Gasteiger partial charge in [-0.25, -0.2) is 0 Å². The number of hydrogen-bond donors (Lipinski definition) is 1. The molecule has 0 radical (unpaired) electrons. The van der Waals surface area contributed by atoms with Gasteiger partial charge in [-0.15, -0.1) is 0 Å². The number of Topliss-reactive ketones (excluding diaryl/α,β-unsaturated/α-hetero) is 1. The van der Waals surface area contributed by atoms with Crippen LogP contribution in [0.15, 0.2) is 36.1 Å². The van der Waals surface area contributed by atoms with Crippen molar-refractivity contribution in [1.29, 1.82) is 0 Å². The lowest BCUT2D eigenvalue weighted by Crippen LogP contribution is -2.36. The van der Waals surface area contributed by atoms with Crippen molar-refractivity contribution in [1.82, 2.24) is 5.32 Å². The Bertz CT molecular complexity index is 493. The Balaban J connectivity index is 1.89. The normalized spacial score (nSPS) is 22.7. The van der Waals surface area contributed by atoms with Crippen LogP contribution in [-0.4, -0.2) is 18.9 Å². The number of hydrogen-bond acceptors (Lipinski definition) is 3. The van der Waals surface area contributed by atoms with Crippen LogP contribution in [0.3, 0.4) is 0 Å². The van der Waals surface area contributed by atoms with Crippen molar-refractivity contribution >= 4 is 5.78 Å². The maximum Gasteiger partial charge on any atom is 0.218 e. The molecule has 2 aliphatic rings. The molecule has 1 aromatic rings. The van der Waals surface area contributed by atoms with Crippen molar-refractivity contribution in [2.75, 3.05) is 13.2 Å². The number of ether oxygens (including phenoxy) is 1. The highest BCUT2D eigenvalue weighted by molar-refractivity contribution is 5.98. The van der Waals surface area contributed by atoms with Gasteiger partial charge in [-0.2, -0.15) is 0 Å². The highest BCUT2D eigenvalue weighted by Crippen LogP contribution is 2.26. The molecule has 3 nitrogen and oxygen atoms in total. The van der Waals surface area contributed by atoms with E-state index in [9.17, 15) is 4.79 Å². The molecule has 3 heteroatoms. The van der Waals surface area contributed by atoms with Crippen LogP contribution in [0.2, 0.25) is 0 Å². The van der Waals surface area contributed by atoms with E-state index in [0.29, 0.717) is 12.4 Å². The first kappa shape index (κ1) is 11.5. The van der Waals surface area contributed by atoms with Crippen molar-refractivity contribution in [3.63, 3.8) is 0 Å². The van der Waals surface area contributed by atoms with Crippen LogP contribution < -0.4 is 5.32 Å². The predicted molar refractivity (Wildman–Crippen MR) is 69.2 cm³/mol. The first-order valence-electron chi connectivity index (χ1n) is 6.54. The highest BCUT2D eigenvalue weighted by atomic mass is 16.5. The molecule has 0 spiro atoms. The summed E-state index contributed by atoms with van der Waals surface area (Å²) in [5.41, 5.74) is 2.37. The fraction of sp³-hybridized carbons (Fsp3) is 0.400. The Morgan fingerprint density at radius 2 is 2.22 bits per heavy atom. The molecule has 1 atom stereocenters. The van der Waals surface area contributed by atoms with Gasteiger partial charge < -0.3 is 10.1 Å². The summed E-state index contributed by atoms with van der Waals surface area (Å²) >= 11 is 0. The molecule has 0 saturated carbocycles. The second-order valence-electron chi connectivity index (χ2n) is 4.76. The fourth-order valence-electron chi connectivity index (χ4n) is 2.61. The summed E-state index contributed by atoms with van der Waals surface area (Å²) in [5.74, 6) is 0.609. The molecule has 0 aromatic heterocycles. The van der Waals surface area contributed by atoms with Gasteiger partial charge >= 0.3 is 0 Å². The van der Waals surface area contributed by atoms with Crippen LogP contribution in [0.1, 0.15) is 30.0 Å². The summed E-state index contributed by atoms with van der Waals surface area (Å²) in [5, 5.41) is 3.30. The third kappa shape index (κ3) is 2.06. The van der Waals surface area contributed by atoms with Gasteiger partial charge in [-0.1, -0.05) is 24.3 Å². The van der Waals surface area contributed by atoms with Crippen LogP contribution in [0.25, 0.3) is 0 Å². The summed E-state index contributed by atoms with van der Waals surface area (Å²) in [4.78, 5) is 12.5. The van der Waals surface area contributed by atoms with Crippen LogP contribution >= 0.6 is 0 Å². The zero-order valence-corrected chi connectivity index (χ0v) is 10.3. The average molecular weight is 243 g/mol. The van der Waals surface area contributed by atoms with Crippen LogP contribution in [0.4, 0.5) is 0 Å². The van der Waals surface area contributed by atoms with Crippen molar-refractivity contribution < 1.29 is 9.53 Å². The van der Waals surface area contributed by atoms with Gasteiger partial charge in [0, 0.05) is 6.54 Å². The molecule has 0 amide bonds. The lowest BCUT2D eigenvalue weighted by atomic mass is 9.91. The number of ketones is 1. The summed E-state index contributed by atoms with van der Waals surface area (Å²) in [6.07, 6.45) is 4.85. The summed E-state index contributed by atoms with van der Waals surface area (Å²) < 4.78 is 5.48. The van der Waals surface area contributed by atoms with E-state index in [0.717, 1.165) is 31.4 Å². The maximum atomic E-state index is 12.5. The van der Waals surface area contributed by atoms with Crippen molar-refractivity contribution in [2.45, 2.75) is 25.3 Å². The van der Waals surface area contributed by atoms with Gasteiger partial charge in [-0.3, -0.25) is 4.79 Å². The SMILES string of the molecule is O=C(C1=CCCCO1)C1NCCc2ccccc21. The number of nitrogens with one attached hydrogen (secondary N) is 1. The van der Waals surface area contributed by atoms with Crippen LogP contribution in [0, 0.1) is 0 Å². The molecule has 3 rings (SSSR count). The monoisotopic (exact) mass is 243 g/mol. The topological polar surface area (TPSA) is 38.3 Å². The van der Waals surface area contributed by atoms with E-state index in [4.69, 9.17) is 4.74 Å². The van der Waals surface area contributed by atoms with E-state index in [1.807, 2.05) is 24.3 Å². The number of rotatable bonds is 2. The Labute approximate surface area is 107 Å². The molecule has 1 aromatic carbocycles. The fourth-order valence-corrected chi connectivity index (χ4v) is 2.61. The van der Waals surface area contributed by atoms with E-state index in [1.54, 1.807) is 0 Å². The smallest absolute Gasteiger partial charge is 0.218 e. The number of carbonyl (C=O) groups is 1. The second kappa shape index (κ2) is 4.94. The lowest BCUT2D eigenvalue weighted by Gasteiger charge is -2.27. The Morgan fingerprint density at radius 1 is 1.33 bits per heavy atom. The lowest BCUT2D eigenvalue weighted by molar-refractivity contribution is -0.121. The van der Waals surface area contributed by atoms with Crippen molar-refractivity contribution in [3.05, 3.63) is 47.2 Å². The Morgan fingerprint density at radius 3 is 3.06 bits per heavy atom. The van der Waals surface area contributed by atoms with Crippen molar-refractivity contribution in [3.8, 4) is 0 Å². The van der Waals surface area contributed by atoms with E-state index in [-0.39, 0.29) is 11.8 Å². The molecular weight excluding hydrogens is 226 g/mol. The molecule has 0 saturated heterocycles. The second-order valence-corrected chi connectivity index (χ2v) is 4.76. The average Bonchev–Trinajstić information content (AvgIpc) is 2.47. The number of fused-ring (bicyclic) bond motifs is 1. The van der Waals surface area contributed by atoms with Crippen LogP contribution in [-0.2, 0) is 16.0 Å². The minimum Gasteiger partial charge on any atom is -0.490 e. The molecule has 0 bridgehead atoms. The first-order valence-corrected chi connectivity index (χ1v) is 6.54. The van der Waals surface area contributed by atoms with Crippen LogP contribution in [0.5, 0.6) is 0 Å². The Hall–Kier alpha value is -1.61. The van der Waals surface area contributed by atoms with E-state index in [2.05, 4.69) is 11.4 Å². The molecule has 2 aliphatic heterocycles. The van der Waals surface area contributed by atoms with Gasteiger partial charge in [0.15, 0.2) is 5.76 Å². The van der Waals surface area contributed by atoms with E-state index >= 15 is 0 Å². The van der Waals surface area contributed by atoms with Gasteiger partial charge in [0.05, 0.1) is 6.61 Å². The molecule has 1 N–H and O–H groups in total. The first-order chi connectivity index (χ1) is 8.86. The minimum absolute atomic E-state index is 0.0712. The summed E-state index contributed by atoms with van der Waals surface area (Å²) in [7, 11) is 0. The molecule has 0 fully saturated rings. The standard InChI is InChI=1S/C15H17NO2/c17-15(13-7-3-4-10-18-13)14-12-6-2-1-5-11(12)8-9-16-14/h1-2,5-7,14,16H,3-4,8-10H2. The number of carbonyl (C=O) groups excluding carboxylic acids is 1. The zero-order chi connectivity index (χ0) is 12.4. The van der Waals surface area contributed by atoms with E-state index < -0.39 is 0 Å². The molecular formula is C15H17NO2. The van der Waals surface area contributed by atoms with Gasteiger partial charge in [-0.05, 0) is 36.5 Å². The molecule has 1 unspecified atom stereocenters. The largest absolute Gasteiger partial charge is 0.490 e. The zero-order valence-electron chi connectivity index (χ0n) is 10.3. The summed E-state index contributed by atoms with van der Waals surface area (Å²) in [6, 6.07) is 7.92. The predicted octanol–water partition coefficient (Wildman–Crippen LogP) is 2.14. The van der Waals surface area contributed by atoms with Gasteiger partial charge in [0.2, 0.25) is 5.78 Å². The quantitative estimate of drug-likeness (QED) is 0.864. The molecule has 94 valence electrons. The maximum absolute atomic E-state index is 12.5. The van der Waals surface area contributed by atoms with Gasteiger partial charge in [0.25, 0.3) is 0 Å². The van der Waals surface area contributed by atoms with Crippen molar-refractivity contribution in [2.24, 2.45) is 0 Å². The minimum atomic E-state index is -0.237. The third-order valence-corrected chi connectivity index (χ3v) is 3.55. The highest BCUT2D eigenvalue weighted by Gasteiger charge is 2.29. The van der Waals surface area contributed by atoms with E-state index in [1.165, 1.54) is 5.56 Å². The number of benzene rings is 1. The molecule has 0 aliphatic carbocycles. The summed E-state index contributed by atoms with van der Waals surface area (Å²) in [6.45, 7) is 1.51. The number of allylic oxidation sites excluding steroid dienone is 1. The Kier molecular flexibility index (Phi) is 3.15. The van der Waals surface area contributed by atoms with Gasteiger partial charge in [0.1, 0.15) is 6.04 Å². The third-order valence-electron chi connectivity index (χ3n) is 3.55. The molecule has 18 heavy (non-hydrogen) atoms.